The Balaban J connectivity index is 2.51. The summed E-state index contributed by atoms with van der Waals surface area (Å²) in [5.74, 6) is 0.620. The van der Waals surface area contributed by atoms with Gasteiger partial charge in [0.25, 0.3) is 0 Å². The Morgan fingerprint density at radius 3 is 2.47 bits per heavy atom. The molecule has 0 aromatic carbocycles. The van der Waals surface area contributed by atoms with Crippen molar-refractivity contribution in [3.05, 3.63) is 46.1 Å². The van der Waals surface area contributed by atoms with Gasteiger partial charge in [0, 0.05) is 0 Å². The Morgan fingerprint density at radius 1 is 1.07 bits per heavy atom. The average molecular weight is 200 g/mol. The summed E-state index contributed by atoms with van der Waals surface area (Å²) in [6.07, 6.45) is 9.45. The van der Waals surface area contributed by atoms with Gasteiger partial charge in [0.1, 0.15) is 0 Å². The van der Waals surface area contributed by atoms with Crippen LogP contribution in [-0.2, 0) is 0 Å². The molecular formula is C15H20. The van der Waals surface area contributed by atoms with Crippen molar-refractivity contribution in [3.63, 3.8) is 0 Å². The lowest BCUT2D eigenvalue weighted by atomic mass is 9.99. The molecule has 0 saturated carbocycles. The highest BCUT2D eigenvalue weighted by Crippen LogP contribution is 2.37. The van der Waals surface area contributed by atoms with Gasteiger partial charge in [-0.25, -0.2) is 0 Å². The third-order valence-corrected chi connectivity index (χ3v) is 3.51. The van der Waals surface area contributed by atoms with E-state index in [1.54, 1.807) is 11.1 Å². The van der Waals surface area contributed by atoms with E-state index in [2.05, 4.69) is 45.9 Å². The summed E-state index contributed by atoms with van der Waals surface area (Å²) in [5.41, 5.74) is 7.56. The number of fused-ring (bicyclic) bond motifs is 1. The molecule has 0 aromatic heterocycles. The molecule has 0 amide bonds. The van der Waals surface area contributed by atoms with Crippen molar-refractivity contribution >= 4 is 0 Å². The van der Waals surface area contributed by atoms with E-state index in [0.717, 1.165) is 0 Å². The minimum atomic E-state index is 0.620. The normalized spacial score (nSPS) is 21.0. The van der Waals surface area contributed by atoms with E-state index in [1.165, 1.54) is 29.6 Å². The maximum atomic E-state index is 2.40. The van der Waals surface area contributed by atoms with Crippen LogP contribution in [0.25, 0.3) is 0 Å². The van der Waals surface area contributed by atoms with Crippen molar-refractivity contribution in [1.29, 1.82) is 0 Å². The first-order valence-corrected chi connectivity index (χ1v) is 5.89. The molecule has 0 spiro atoms. The minimum absolute atomic E-state index is 0.620. The molecule has 0 aromatic rings. The minimum Gasteiger partial charge on any atom is -0.0655 e. The average Bonchev–Trinajstić information content (AvgIpc) is 2.43. The molecule has 0 fully saturated rings. The molecule has 0 unspecified atom stereocenters. The predicted molar refractivity (Wildman–Crippen MR) is 66.7 cm³/mol. The lowest BCUT2D eigenvalue weighted by molar-refractivity contribution is 0.791. The fourth-order valence-corrected chi connectivity index (χ4v) is 2.36. The summed E-state index contributed by atoms with van der Waals surface area (Å²) < 4.78 is 0. The highest BCUT2D eigenvalue weighted by Gasteiger charge is 2.18. The Hall–Kier alpha value is -1.04. The van der Waals surface area contributed by atoms with Crippen molar-refractivity contribution < 1.29 is 0 Å². The van der Waals surface area contributed by atoms with Gasteiger partial charge in [-0.3, -0.25) is 0 Å². The van der Waals surface area contributed by atoms with E-state index in [0.29, 0.717) is 5.92 Å². The lowest BCUT2D eigenvalue weighted by Crippen LogP contribution is -1.91. The topological polar surface area (TPSA) is 0 Å². The van der Waals surface area contributed by atoms with Crippen LogP contribution in [0.15, 0.2) is 46.1 Å². The zero-order valence-corrected chi connectivity index (χ0v) is 10.2. The first kappa shape index (κ1) is 10.5. The van der Waals surface area contributed by atoms with Crippen molar-refractivity contribution in [2.45, 2.75) is 40.5 Å². The molecule has 0 aliphatic heterocycles. The Kier molecular flexibility index (Phi) is 2.68. The molecule has 0 radical (unpaired) electrons. The van der Waals surface area contributed by atoms with E-state index in [4.69, 9.17) is 0 Å². The summed E-state index contributed by atoms with van der Waals surface area (Å²) in [6.45, 7) is 9.04. The van der Waals surface area contributed by atoms with Crippen LogP contribution < -0.4 is 0 Å². The van der Waals surface area contributed by atoms with E-state index in [-0.39, 0.29) is 0 Å². The van der Waals surface area contributed by atoms with E-state index in [9.17, 15) is 0 Å². The smallest absolute Gasteiger partial charge is 0.0219 e. The van der Waals surface area contributed by atoms with Gasteiger partial charge in [-0.15, -0.1) is 0 Å². The van der Waals surface area contributed by atoms with Gasteiger partial charge in [-0.05, 0) is 54.9 Å². The van der Waals surface area contributed by atoms with Crippen LogP contribution in [0.2, 0.25) is 0 Å². The van der Waals surface area contributed by atoms with Crippen molar-refractivity contribution in [2.24, 2.45) is 5.92 Å². The van der Waals surface area contributed by atoms with Gasteiger partial charge in [-0.1, -0.05) is 37.6 Å². The summed E-state index contributed by atoms with van der Waals surface area (Å²) >= 11 is 0. The molecule has 0 heteroatoms. The zero-order chi connectivity index (χ0) is 11.0. The molecule has 2 rings (SSSR count). The first-order chi connectivity index (χ1) is 7.09. The van der Waals surface area contributed by atoms with E-state index >= 15 is 0 Å². The Labute approximate surface area is 93.1 Å². The Bertz CT molecular complexity index is 398. The van der Waals surface area contributed by atoms with Crippen molar-refractivity contribution in [1.82, 2.24) is 0 Å². The molecular weight excluding hydrogens is 180 g/mol. The summed E-state index contributed by atoms with van der Waals surface area (Å²) in [5, 5.41) is 0. The second kappa shape index (κ2) is 3.84. The lowest BCUT2D eigenvalue weighted by Gasteiger charge is -2.07. The largest absolute Gasteiger partial charge is 0.0655 e. The van der Waals surface area contributed by atoms with Gasteiger partial charge in [-0.2, -0.15) is 0 Å². The van der Waals surface area contributed by atoms with Gasteiger partial charge >= 0.3 is 0 Å². The molecule has 2 aliphatic rings. The monoisotopic (exact) mass is 200 g/mol. The second-order valence-electron chi connectivity index (χ2n) is 4.99. The van der Waals surface area contributed by atoms with Crippen LogP contribution in [0, 0.1) is 5.92 Å². The molecule has 80 valence electrons. The van der Waals surface area contributed by atoms with Crippen LogP contribution in [0.5, 0.6) is 0 Å². The van der Waals surface area contributed by atoms with E-state index in [1.807, 2.05) is 0 Å². The van der Waals surface area contributed by atoms with Crippen molar-refractivity contribution in [2.75, 3.05) is 0 Å². The summed E-state index contributed by atoms with van der Waals surface area (Å²) in [7, 11) is 0. The van der Waals surface area contributed by atoms with Gasteiger partial charge in [0.2, 0.25) is 0 Å². The second-order valence-corrected chi connectivity index (χ2v) is 4.99. The quantitative estimate of drug-likeness (QED) is 0.582. The third-order valence-electron chi connectivity index (χ3n) is 3.51. The van der Waals surface area contributed by atoms with Gasteiger partial charge < -0.3 is 0 Å². The van der Waals surface area contributed by atoms with Crippen LogP contribution in [0.1, 0.15) is 40.5 Å². The zero-order valence-electron chi connectivity index (χ0n) is 10.2. The number of hydrogen-bond acceptors (Lipinski definition) is 0. The molecule has 15 heavy (non-hydrogen) atoms. The Morgan fingerprint density at radius 2 is 1.80 bits per heavy atom. The highest BCUT2D eigenvalue weighted by molar-refractivity contribution is 5.56. The van der Waals surface area contributed by atoms with Gasteiger partial charge in [0.05, 0.1) is 0 Å². The molecule has 0 bridgehead atoms. The fraction of sp³-hybridized carbons (Fsp3) is 0.467. The maximum Gasteiger partial charge on any atom is -0.0219 e. The van der Waals surface area contributed by atoms with Crippen LogP contribution in [0.3, 0.4) is 0 Å². The van der Waals surface area contributed by atoms with Crippen molar-refractivity contribution in [3.8, 4) is 0 Å². The molecule has 0 N–H and O–H groups in total. The molecule has 0 nitrogen and oxygen atoms in total. The number of allylic oxidation sites excluding steroid dienone is 8. The number of hydrogen-bond donors (Lipinski definition) is 0. The summed E-state index contributed by atoms with van der Waals surface area (Å²) in [6, 6.07) is 0. The van der Waals surface area contributed by atoms with Crippen LogP contribution >= 0.6 is 0 Å². The van der Waals surface area contributed by atoms with E-state index < -0.39 is 0 Å². The highest BCUT2D eigenvalue weighted by atomic mass is 14.2. The third kappa shape index (κ3) is 1.86. The molecule has 2 aliphatic carbocycles. The molecule has 0 saturated heterocycles. The standard InChI is InChI=1S/C15H20/c1-10(2)13-7-5-11(3)14-8-6-12(4)15(14)9-13/h5,7,9-10H,6,8H2,1-4H3. The van der Waals surface area contributed by atoms with Gasteiger partial charge in [0.15, 0.2) is 0 Å². The van der Waals surface area contributed by atoms with Crippen LogP contribution in [0.4, 0.5) is 0 Å². The fourth-order valence-electron chi connectivity index (χ4n) is 2.36. The number of rotatable bonds is 1. The predicted octanol–water partition coefficient (Wildman–Crippen LogP) is 4.57. The van der Waals surface area contributed by atoms with Crippen LogP contribution in [-0.4, -0.2) is 0 Å². The summed E-state index contributed by atoms with van der Waals surface area (Å²) in [4.78, 5) is 0. The maximum absolute atomic E-state index is 2.40. The SMILES string of the molecule is CC1=C2CCC(C)=C2C=C(C(C)C)C=C1. The molecule has 0 heterocycles. The molecule has 0 atom stereocenters. The first-order valence-electron chi connectivity index (χ1n) is 5.89.